The Morgan fingerprint density at radius 1 is 1.41 bits per heavy atom. The van der Waals surface area contributed by atoms with E-state index < -0.39 is 28.1 Å². The van der Waals surface area contributed by atoms with E-state index in [1.807, 2.05) is 0 Å². The van der Waals surface area contributed by atoms with Crippen LogP contribution in [0.5, 0.6) is 0 Å². The van der Waals surface area contributed by atoms with Crippen molar-refractivity contribution in [2.24, 2.45) is 0 Å². The minimum Gasteiger partial charge on any atom is -0.251 e. The van der Waals surface area contributed by atoms with Crippen LogP contribution in [0.2, 0.25) is 0 Å². The molecule has 1 unspecified atom stereocenters. The lowest BCUT2D eigenvalue weighted by Gasteiger charge is -2.18. The summed E-state index contributed by atoms with van der Waals surface area (Å²) in [6.45, 7) is 0. The van der Waals surface area contributed by atoms with Crippen molar-refractivity contribution in [3.05, 3.63) is 28.5 Å². The first-order valence-corrected chi connectivity index (χ1v) is 6.78. The predicted molar refractivity (Wildman–Crippen MR) is 56.7 cm³/mol. The van der Waals surface area contributed by atoms with E-state index in [-0.39, 0.29) is 4.60 Å². The summed E-state index contributed by atoms with van der Waals surface area (Å²) < 4.78 is 63.6. The molecule has 96 valence electrons. The Hall–Kier alpha value is -0.670. The lowest BCUT2D eigenvalue weighted by Crippen LogP contribution is -2.26. The Balaban J connectivity index is 3.16. The summed E-state index contributed by atoms with van der Waals surface area (Å²) in [6, 6.07) is 3.75. The van der Waals surface area contributed by atoms with Crippen molar-refractivity contribution in [3.8, 4) is 0 Å². The van der Waals surface area contributed by atoms with Crippen LogP contribution < -0.4 is 0 Å². The molecular weight excluding hydrogens is 327 g/mol. The molecular formula is C8H7BrF3NO3S. The fourth-order valence-electron chi connectivity index (χ4n) is 1.02. The molecule has 0 aliphatic rings. The van der Waals surface area contributed by atoms with Crippen LogP contribution in [0.15, 0.2) is 22.8 Å². The normalized spacial score (nSPS) is 14.6. The van der Waals surface area contributed by atoms with Gasteiger partial charge in [0.2, 0.25) is 6.10 Å². The molecule has 0 aliphatic carbocycles. The van der Waals surface area contributed by atoms with Gasteiger partial charge >= 0.3 is 6.18 Å². The number of alkyl halides is 3. The Morgan fingerprint density at radius 2 is 2.00 bits per heavy atom. The van der Waals surface area contributed by atoms with Crippen molar-refractivity contribution in [2.45, 2.75) is 12.3 Å². The molecule has 0 N–H and O–H groups in total. The average molecular weight is 334 g/mol. The SMILES string of the molecule is CS(=O)(=O)OC(c1cccc(Br)n1)C(F)(F)F. The van der Waals surface area contributed by atoms with Crippen LogP contribution in [-0.4, -0.2) is 25.8 Å². The Bertz CT molecular complexity index is 503. The minimum atomic E-state index is -4.86. The molecule has 9 heteroatoms. The second-order valence-electron chi connectivity index (χ2n) is 3.11. The van der Waals surface area contributed by atoms with Crippen molar-refractivity contribution in [1.82, 2.24) is 4.98 Å². The zero-order chi connectivity index (χ0) is 13.3. The standard InChI is InChI=1S/C8H7BrF3NO3S/c1-17(14,15)16-7(8(10,11)12)5-3-2-4-6(9)13-5/h2-4,7H,1H3. The van der Waals surface area contributed by atoms with Gasteiger partial charge in [-0.15, -0.1) is 0 Å². The van der Waals surface area contributed by atoms with E-state index in [9.17, 15) is 21.6 Å². The summed E-state index contributed by atoms with van der Waals surface area (Å²) in [4.78, 5) is 3.53. The maximum absolute atomic E-state index is 12.6. The van der Waals surface area contributed by atoms with Crippen molar-refractivity contribution in [3.63, 3.8) is 0 Å². The zero-order valence-corrected chi connectivity index (χ0v) is 10.8. The summed E-state index contributed by atoms with van der Waals surface area (Å²) in [7, 11) is -4.24. The third kappa shape index (κ3) is 4.60. The Labute approximate surface area is 104 Å². The number of rotatable bonds is 3. The van der Waals surface area contributed by atoms with E-state index >= 15 is 0 Å². The van der Waals surface area contributed by atoms with Gasteiger partial charge in [0.25, 0.3) is 10.1 Å². The molecule has 4 nitrogen and oxygen atoms in total. The van der Waals surface area contributed by atoms with Crippen LogP contribution >= 0.6 is 15.9 Å². The van der Waals surface area contributed by atoms with Crippen LogP contribution in [0.25, 0.3) is 0 Å². The first kappa shape index (κ1) is 14.4. The highest BCUT2D eigenvalue weighted by molar-refractivity contribution is 9.10. The number of hydrogen-bond donors (Lipinski definition) is 0. The average Bonchev–Trinajstić information content (AvgIpc) is 2.11. The molecule has 1 aromatic heterocycles. The minimum absolute atomic E-state index is 0.154. The van der Waals surface area contributed by atoms with E-state index in [1.165, 1.54) is 12.1 Å². The molecule has 0 aromatic carbocycles. The summed E-state index contributed by atoms with van der Waals surface area (Å²) in [5.41, 5.74) is -0.530. The maximum Gasteiger partial charge on any atom is 0.421 e. The highest BCUT2D eigenvalue weighted by Crippen LogP contribution is 2.36. The summed E-state index contributed by atoms with van der Waals surface area (Å²) in [5.74, 6) is 0. The molecule has 0 amide bonds. The van der Waals surface area contributed by atoms with Gasteiger partial charge in [0.1, 0.15) is 4.60 Å². The van der Waals surface area contributed by atoms with E-state index in [2.05, 4.69) is 25.1 Å². The van der Waals surface area contributed by atoms with E-state index in [0.29, 0.717) is 6.26 Å². The third-order valence-corrected chi connectivity index (χ3v) is 2.56. The van der Waals surface area contributed by atoms with Gasteiger partial charge in [-0.25, -0.2) is 4.98 Å². The first-order chi connectivity index (χ1) is 7.59. The smallest absolute Gasteiger partial charge is 0.251 e. The number of hydrogen-bond acceptors (Lipinski definition) is 4. The van der Waals surface area contributed by atoms with E-state index in [4.69, 9.17) is 0 Å². The van der Waals surface area contributed by atoms with Crippen molar-refractivity contribution in [2.75, 3.05) is 6.26 Å². The zero-order valence-electron chi connectivity index (χ0n) is 8.40. The third-order valence-electron chi connectivity index (χ3n) is 1.57. The van der Waals surface area contributed by atoms with Gasteiger partial charge in [-0.1, -0.05) is 6.07 Å². The molecule has 1 heterocycles. The number of pyridine rings is 1. The number of halogens is 4. The van der Waals surface area contributed by atoms with Crippen molar-refractivity contribution < 1.29 is 25.8 Å². The van der Waals surface area contributed by atoms with Crippen LogP contribution in [0.3, 0.4) is 0 Å². The molecule has 1 rings (SSSR count). The lowest BCUT2D eigenvalue weighted by molar-refractivity contribution is -0.197. The summed E-state index contributed by atoms with van der Waals surface area (Å²) in [5, 5.41) is 0. The molecule has 0 bridgehead atoms. The lowest BCUT2D eigenvalue weighted by atomic mass is 10.2. The largest absolute Gasteiger partial charge is 0.421 e. The summed E-state index contributed by atoms with van der Waals surface area (Å²) >= 11 is 2.89. The molecule has 1 aromatic rings. The van der Waals surface area contributed by atoms with Gasteiger partial charge in [0.05, 0.1) is 11.9 Å². The molecule has 1 atom stereocenters. The number of aromatic nitrogens is 1. The molecule has 0 radical (unpaired) electrons. The van der Waals surface area contributed by atoms with Crippen LogP contribution in [0.1, 0.15) is 11.8 Å². The van der Waals surface area contributed by atoms with E-state index in [0.717, 1.165) is 6.07 Å². The molecule has 0 fully saturated rings. The monoisotopic (exact) mass is 333 g/mol. The van der Waals surface area contributed by atoms with Crippen LogP contribution in [0, 0.1) is 0 Å². The quantitative estimate of drug-likeness (QED) is 0.629. The molecule has 0 saturated carbocycles. The first-order valence-electron chi connectivity index (χ1n) is 4.17. The second kappa shape index (κ2) is 4.91. The predicted octanol–water partition coefficient (Wildman–Crippen LogP) is 2.42. The fourth-order valence-corrected chi connectivity index (χ4v) is 1.93. The van der Waals surface area contributed by atoms with Crippen LogP contribution in [0.4, 0.5) is 13.2 Å². The van der Waals surface area contributed by atoms with Gasteiger partial charge in [-0.2, -0.15) is 21.6 Å². The van der Waals surface area contributed by atoms with Crippen molar-refractivity contribution in [1.29, 1.82) is 0 Å². The van der Waals surface area contributed by atoms with Gasteiger partial charge in [-0.05, 0) is 28.1 Å². The van der Waals surface area contributed by atoms with Gasteiger partial charge in [0.15, 0.2) is 0 Å². The molecule has 0 aliphatic heterocycles. The Kier molecular flexibility index (Phi) is 4.15. The summed E-state index contributed by atoms with van der Waals surface area (Å²) in [6.07, 6.45) is -6.92. The molecule has 0 saturated heterocycles. The van der Waals surface area contributed by atoms with Gasteiger partial charge in [0, 0.05) is 0 Å². The number of nitrogens with zero attached hydrogens (tertiary/aromatic N) is 1. The van der Waals surface area contributed by atoms with Gasteiger partial charge in [-0.3, -0.25) is 4.18 Å². The highest BCUT2D eigenvalue weighted by atomic mass is 79.9. The Morgan fingerprint density at radius 3 is 2.41 bits per heavy atom. The van der Waals surface area contributed by atoms with E-state index in [1.54, 1.807) is 0 Å². The molecule has 17 heavy (non-hydrogen) atoms. The highest BCUT2D eigenvalue weighted by Gasteiger charge is 2.45. The second-order valence-corrected chi connectivity index (χ2v) is 5.52. The molecule has 0 spiro atoms. The fraction of sp³-hybridized carbons (Fsp3) is 0.375. The van der Waals surface area contributed by atoms with Crippen LogP contribution in [-0.2, 0) is 14.3 Å². The maximum atomic E-state index is 12.6. The van der Waals surface area contributed by atoms with Crippen molar-refractivity contribution >= 4 is 26.0 Å². The topological polar surface area (TPSA) is 56.3 Å². The van der Waals surface area contributed by atoms with Gasteiger partial charge < -0.3 is 0 Å².